The van der Waals surface area contributed by atoms with Crippen molar-refractivity contribution in [1.29, 1.82) is 0 Å². The van der Waals surface area contributed by atoms with E-state index in [0.717, 1.165) is 17.0 Å². The summed E-state index contributed by atoms with van der Waals surface area (Å²) in [4.78, 5) is 16.0. The summed E-state index contributed by atoms with van der Waals surface area (Å²) >= 11 is 0. The molecular formula is C17H20N2O3. The standard InChI is InChI=1S/C17H20N2O3/c1-11(2)22-14-7-5-13(6-8-14)10-21-17(20)15-9-4-12(3)19-16(15)18/h4-9,11H,10H2,1-3H3,(H2,18,19). The molecule has 0 radical (unpaired) electrons. The highest BCUT2D eigenvalue weighted by Gasteiger charge is 2.12. The minimum absolute atomic E-state index is 0.126. The Morgan fingerprint density at radius 1 is 1.18 bits per heavy atom. The van der Waals surface area contributed by atoms with Crippen molar-refractivity contribution in [2.75, 3.05) is 5.73 Å². The van der Waals surface area contributed by atoms with E-state index in [0.29, 0.717) is 0 Å². The monoisotopic (exact) mass is 300 g/mol. The maximum Gasteiger partial charge on any atom is 0.342 e. The first-order valence-corrected chi connectivity index (χ1v) is 7.11. The van der Waals surface area contributed by atoms with E-state index in [4.69, 9.17) is 15.2 Å². The minimum Gasteiger partial charge on any atom is -0.491 e. The third-order valence-electron chi connectivity index (χ3n) is 2.95. The summed E-state index contributed by atoms with van der Waals surface area (Å²) in [6.07, 6.45) is 0.126. The van der Waals surface area contributed by atoms with Gasteiger partial charge in [-0.2, -0.15) is 0 Å². The van der Waals surface area contributed by atoms with Crippen LogP contribution in [0.2, 0.25) is 0 Å². The second-order valence-corrected chi connectivity index (χ2v) is 5.27. The van der Waals surface area contributed by atoms with E-state index in [-0.39, 0.29) is 24.1 Å². The molecule has 2 aromatic rings. The summed E-state index contributed by atoms with van der Waals surface area (Å²) in [5, 5.41) is 0. The highest BCUT2D eigenvalue weighted by molar-refractivity contribution is 5.94. The molecule has 0 aliphatic heterocycles. The van der Waals surface area contributed by atoms with Gasteiger partial charge in [0.1, 0.15) is 23.7 Å². The number of hydrogen-bond donors (Lipinski definition) is 1. The average Bonchev–Trinajstić information content (AvgIpc) is 2.45. The summed E-state index contributed by atoms with van der Waals surface area (Å²) in [7, 11) is 0. The van der Waals surface area contributed by atoms with Crippen LogP contribution in [-0.2, 0) is 11.3 Å². The molecule has 116 valence electrons. The van der Waals surface area contributed by atoms with Crippen molar-refractivity contribution in [2.24, 2.45) is 0 Å². The van der Waals surface area contributed by atoms with Crippen LogP contribution < -0.4 is 10.5 Å². The number of aryl methyl sites for hydroxylation is 1. The molecule has 0 saturated carbocycles. The third kappa shape index (κ3) is 4.22. The second-order valence-electron chi connectivity index (χ2n) is 5.27. The van der Waals surface area contributed by atoms with Crippen LogP contribution in [0.4, 0.5) is 5.82 Å². The number of pyridine rings is 1. The van der Waals surface area contributed by atoms with Gasteiger partial charge in [0, 0.05) is 5.69 Å². The largest absolute Gasteiger partial charge is 0.491 e. The number of nitrogen functional groups attached to an aromatic ring is 1. The number of rotatable bonds is 5. The average molecular weight is 300 g/mol. The van der Waals surface area contributed by atoms with Crippen LogP contribution >= 0.6 is 0 Å². The van der Waals surface area contributed by atoms with Crippen LogP contribution in [0.15, 0.2) is 36.4 Å². The number of hydrogen-bond acceptors (Lipinski definition) is 5. The Labute approximate surface area is 130 Å². The number of esters is 1. The van der Waals surface area contributed by atoms with Crippen molar-refractivity contribution in [1.82, 2.24) is 4.98 Å². The van der Waals surface area contributed by atoms with Gasteiger partial charge in [0.25, 0.3) is 0 Å². The fraction of sp³-hybridized carbons (Fsp3) is 0.294. The van der Waals surface area contributed by atoms with Crippen LogP contribution in [0.25, 0.3) is 0 Å². The number of nitrogens with zero attached hydrogens (tertiary/aromatic N) is 1. The molecule has 5 heteroatoms. The van der Waals surface area contributed by atoms with Gasteiger partial charge in [-0.3, -0.25) is 0 Å². The van der Waals surface area contributed by atoms with Crippen molar-refractivity contribution < 1.29 is 14.3 Å². The molecule has 0 unspecified atom stereocenters. The topological polar surface area (TPSA) is 74.4 Å². The highest BCUT2D eigenvalue weighted by atomic mass is 16.5. The zero-order valence-corrected chi connectivity index (χ0v) is 13.0. The Bertz CT molecular complexity index is 651. The lowest BCUT2D eigenvalue weighted by Crippen LogP contribution is -2.10. The van der Waals surface area contributed by atoms with Crippen molar-refractivity contribution in [2.45, 2.75) is 33.5 Å². The Morgan fingerprint density at radius 3 is 2.45 bits per heavy atom. The summed E-state index contributed by atoms with van der Waals surface area (Å²) in [5.41, 5.74) is 7.65. The normalized spacial score (nSPS) is 10.5. The molecule has 0 fully saturated rings. The molecule has 2 rings (SSSR count). The van der Waals surface area contributed by atoms with Gasteiger partial charge in [0.15, 0.2) is 0 Å². The molecule has 22 heavy (non-hydrogen) atoms. The lowest BCUT2D eigenvalue weighted by atomic mass is 10.2. The molecule has 5 nitrogen and oxygen atoms in total. The SMILES string of the molecule is Cc1ccc(C(=O)OCc2ccc(OC(C)C)cc2)c(N)n1. The van der Waals surface area contributed by atoms with Gasteiger partial charge in [-0.05, 0) is 50.6 Å². The molecule has 1 aromatic carbocycles. The molecule has 0 amide bonds. The van der Waals surface area contributed by atoms with E-state index in [1.165, 1.54) is 0 Å². The van der Waals surface area contributed by atoms with E-state index in [1.54, 1.807) is 12.1 Å². The van der Waals surface area contributed by atoms with Gasteiger partial charge in [0.05, 0.1) is 6.10 Å². The van der Waals surface area contributed by atoms with Crippen LogP contribution in [0.3, 0.4) is 0 Å². The molecular weight excluding hydrogens is 280 g/mol. The van der Waals surface area contributed by atoms with E-state index in [9.17, 15) is 4.79 Å². The van der Waals surface area contributed by atoms with Gasteiger partial charge < -0.3 is 15.2 Å². The van der Waals surface area contributed by atoms with E-state index < -0.39 is 5.97 Å². The number of nitrogens with two attached hydrogens (primary N) is 1. The number of anilines is 1. The van der Waals surface area contributed by atoms with E-state index in [2.05, 4.69) is 4.98 Å². The van der Waals surface area contributed by atoms with Crippen LogP contribution in [0.5, 0.6) is 5.75 Å². The Balaban J connectivity index is 1.96. The quantitative estimate of drug-likeness (QED) is 0.859. The smallest absolute Gasteiger partial charge is 0.342 e. The summed E-state index contributed by atoms with van der Waals surface area (Å²) < 4.78 is 10.8. The van der Waals surface area contributed by atoms with Crippen molar-refractivity contribution in [3.63, 3.8) is 0 Å². The summed E-state index contributed by atoms with van der Waals surface area (Å²) in [6, 6.07) is 10.8. The lowest BCUT2D eigenvalue weighted by molar-refractivity contribution is 0.0473. The first kappa shape index (κ1) is 15.8. The molecule has 0 aliphatic carbocycles. The molecule has 0 atom stereocenters. The third-order valence-corrected chi connectivity index (χ3v) is 2.95. The van der Waals surface area contributed by atoms with Crippen molar-refractivity contribution in [3.8, 4) is 5.75 Å². The van der Waals surface area contributed by atoms with Gasteiger partial charge in [-0.15, -0.1) is 0 Å². The predicted octanol–water partition coefficient (Wildman–Crippen LogP) is 3.12. The Kier molecular flexibility index (Phi) is 4.99. The van der Waals surface area contributed by atoms with Crippen LogP contribution in [0.1, 0.15) is 35.5 Å². The number of carbonyl (C=O) groups is 1. The molecule has 1 aromatic heterocycles. The highest BCUT2D eigenvalue weighted by Crippen LogP contribution is 2.16. The Hall–Kier alpha value is -2.56. The van der Waals surface area contributed by atoms with Gasteiger partial charge >= 0.3 is 5.97 Å². The lowest BCUT2D eigenvalue weighted by Gasteiger charge is -2.10. The fourth-order valence-corrected chi connectivity index (χ4v) is 1.91. The maximum atomic E-state index is 12.0. The molecule has 1 heterocycles. The molecule has 0 aliphatic rings. The number of carbonyl (C=O) groups excluding carboxylic acids is 1. The molecule has 0 bridgehead atoms. The number of benzene rings is 1. The molecule has 0 saturated heterocycles. The zero-order valence-electron chi connectivity index (χ0n) is 13.0. The van der Waals surface area contributed by atoms with Crippen molar-refractivity contribution >= 4 is 11.8 Å². The molecule has 2 N–H and O–H groups in total. The Morgan fingerprint density at radius 2 is 1.86 bits per heavy atom. The van der Waals surface area contributed by atoms with E-state index >= 15 is 0 Å². The van der Waals surface area contributed by atoms with Crippen LogP contribution in [0, 0.1) is 6.92 Å². The zero-order chi connectivity index (χ0) is 16.1. The predicted molar refractivity (Wildman–Crippen MR) is 84.7 cm³/mol. The van der Waals surface area contributed by atoms with Gasteiger partial charge in [0.2, 0.25) is 0 Å². The van der Waals surface area contributed by atoms with Gasteiger partial charge in [-0.1, -0.05) is 12.1 Å². The van der Waals surface area contributed by atoms with Crippen molar-refractivity contribution in [3.05, 3.63) is 53.2 Å². The first-order chi connectivity index (χ1) is 10.5. The fourth-order valence-electron chi connectivity index (χ4n) is 1.91. The second kappa shape index (κ2) is 6.93. The number of ether oxygens (including phenoxy) is 2. The van der Waals surface area contributed by atoms with Gasteiger partial charge in [-0.25, -0.2) is 9.78 Å². The van der Waals surface area contributed by atoms with E-state index in [1.807, 2.05) is 45.0 Å². The first-order valence-electron chi connectivity index (χ1n) is 7.11. The molecule has 0 spiro atoms. The summed E-state index contributed by atoms with van der Waals surface area (Å²) in [5.74, 6) is 0.496. The number of aromatic nitrogens is 1. The van der Waals surface area contributed by atoms with Crippen LogP contribution in [-0.4, -0.2) is 17.1 Å². The maximum absolute atomic E-state index is 12.0. The summed E-state index contributed by atoms with van der Waals surface area (Å²) in [6.45, 7) is 5.92. The minimum atomic E-state index is -0.479.